The molecule has 0 amide bonds. The number of rotatable bonds is 7. The molecule has 0 saturated heterocycles. The number of aryl methyl sites for hydroxylation is 3. The van der Waals surface area contributed by atoms with Crippen molar-refractivity contribution >= 4 is 5.57 Å². The molecular formula is C29H32. The van der Waals surface area contributed by atoms with Crippen LogP contribution >= 0.6 is 0 Å². The second-order valence-electron chi connectivity index (χ2n) is 8.26. The molecule has 1 aliphatic rings. The van der Waals surface area contributed by atoms with E-state index in [2.05, 4.69) is 87.5 Å². The summed E-state index contributed by atoms with van der Waals surface area (Å²) < 4.78 is 0. The van der Waals surface area contributed by atoms with Crippen molar-refractivity contribution in [3.63, 3.8) is 0 Å². The SMILES string of the molecule is CCc1ccc2c(c1)C(Cc1cccc(Cc3ccc(CC)c(CC)c3)c1)=CC2. The molecule has 0 unspecified atom stereocenters. The van der Waals surface area contributed by atoms with Crippen LogP contribution in [0.4, 0.5) is 0 Å². The molecule has 0 fully saturated rings. The maximum atomic E-state index is 2.42. The highest BCUT2D eigenvalue weighted by molar-refractivity contribution is 5.75. The molecule has 148 valence electrons. The van der Waals surface area contributed by atoms with Crippen molar-refractivity contribution in [2.24, 2.45) is 0 Å². The number of allylic oxidation sites excluding steroid dienone is 2. The van der Waals surface area contributed by atoms with Crippen molar-refractivity contribution in [1.29, 1.82) is 0 Å². The third-order valence-electron chi connectivity index (χ3n) is 6.32. The maximum Gasteiger partial charge on any atom is -0.00227 e. The fourth-order valence-corrected chi connectivity index (χ4v) is 4.60. The summed E-state index contributed by atoms with van der Waals surface area (Å²) in [6, 6.07) is 23.2. The Morgan fingerprint density at radius 1 is 0.621 bits per heavy atom. The first-order chi connectivity index (χ1) is 14.2. The molecule has 4 rings (SSSR count). The van der Waals surface area contributed by atoms with Gasteiger partial charge in [0, 0.05) is 0 Å². The first kappa shape index (κ1) is 19.7. The van der Waals surface area contributed by atoms with Crippen LogP contribution < -0.4 is 0 Å². The van der Waals surface area contributed by atoms with Gasteiger partial charge in [-0.1, -0.05) is 87.5 Å². The summed E-state index contributed by atoms with van der Waals surface area (Å²) in [5.41, 5.74) is 13.1. The lowest BCUT2D eigenvalue weighted by Gasteiger charge is -2.11. The number of benzene rings is 3. The zero-order valence-electron chi connectivity index (χ0n) is 18.1. The lowest BCUT2D eigenvalue weighted by molar-refractivity contribution is 1.02. The summed E-state index contributed by atoms with van der Waals surface area (Å²) in [5, 5.41) is 0. The Balaban J connectivity index is 1.52. The van der Waals surface area contributed by atoms with Gasteiger partial charge in [0.2, 0.25) is 0 Å². The monoisotopic (exact) mass is 380 g/mol. The van der Waals surface area contributed by atoms with Gasteiger partial charge in [-0.2, -0.15) is 0 Å². The van der Waals surface area contributed by atoms with E-state index in [-0.39, 0.29) is 0 Å². The van der Waals surface area contributed by atoms with E-state index in [1.807, 2.05) is 0 Å². The van der Waals surface area contributed by atoms with Gasteiger partial charge in [0.25, 0.3) is 0 Å². The molecule has 0 radical (unpaired) electrons. The van der Waals surface area contributed by atoms with Gasteiger partial charge in [0.15, 0.2) is 0 Å². The molecule has 0 aromatic heterocycles. The standard InChI is InChI=1S/C29H32/c1-4-21-10-13-27-14-15-28(29(27)20-21)19-23-9-7-8-22(16-23)17-24-11-12-25(5-2)26(6-3)18-24/h7-13,15-16,18,20H,4-6,14,17,19H2,1-3H3. The average Bonchev–Trinajstić information content (AvgIpc) is 3.15. The molecule has 0 heterocycles. The van der Waals surface area contributed by atoms with Crippen LogP contribution in [0.25, 0.3) is 5.57 Å². The lowest BCUT2D eigenvalue weighted by Crippen LogP contribution is -1.96. The minimum atomic E-state index is 1.01. The second-order valence-corrected chi connectivity index (χ2v) is 8.26. The minimum absolute atomic E-state index is 1.01. The summed E-state index contributed by atoms with van der Waals surface area (Å²) in [7, 11) is 0. The van der Waals surface area contributed by atoms with Gasteiger partial charge >= 0.3 is 0 Å². The Hall–Kier alpha value is -2.60. The summed E-state index contributed by atoms with van der Waals surface area (Å²) in [6.45, 7) is 6.74. The molecule has 1 aliphatic carbocycles. The van der Waals surface area contributed by atoms with Crippen LogP contribution in [0, 0.1) is 0 Å². The number of hydrogen-bond donors (Lipinski definition) is 0. The van der Waals surface area contributed by atoms with Crippen molar-refractivity contribution in [2.75, 3.05) is 0 Å². The van der Waals surface area contributed by atoms with Crippen LogP contribution in [0.5, 0.6) is 0 Å². The van der Waals surface area contributed by atoms with E-state index in [1.54, 1.807) is 0 Å². The Morgan fingerprint density at radius 3 is 2.10 bits per heavy atom. The zero-order valence-corrected chi connectivity index (χ0v) is 18.1. The van der Waals surface area contributed by atoms with E-state index in [0.717, 1.165) is 38.5 Å². The molecule has 0 spiro atoms. The molecule has 3 aromatic rings. The van der Waals surface area contributed by atoms with Gasteiger partial charge in [-0.3, -0.25) is 0 Å². The smallest absolute Gasteiger partial charge is 0.00227 e. The predicted octanol–water partition coefficient (Wildman–Crippen LogP) is 7.15. The highest BCUT2D eigenvalue weighted by Crippen LogP contribution is 2.31. The molecule has 0 bridgehead atoms. The first-order valence-corrected chi connectivity index (χ1v) is 11.2. The third-order valence-corrected chi connectivity index (χ3v) is 6.32. The first-order valence-electron chi connectivity index (χ1n) is 11.2. The highest BCUT2D eigenvalue weighted by atomic mass is 14.2. The molecular weight excluding hydrogens is 348 g/mol. The van der Waals surface area contributed by atoms with Gasteiger partial charge in [-0.25, -0.2) is 0 Å². The zero-order chi connectivity index (χ0) is 20.2. The molecule has 0 nitrogen and oxygen atoms in total. The highest BCUT2D eigenvalue weighted by Gasteiger charge is 2.15. The topological polar surface area (TPSA) is 0 Å². The van der Waals surface area contributed by atoms with E-state index >= 15 is 0 Å². The van der Waals surface area contributed by atoms with Gasteiger partial charge in [-0.15, -0.1) is 0 Å². The third kappa shape index (κ3) is 4.37. The fourth-order valence-electron chi connectivity index (χ4n) is 4.60. The summed E-state index contributed by atoms with van der Waals surface area (Å²) >= 11 is 0. The van der Waals surface area contributed by atoms with Crippen LogP contribution in [0.2, 0.25) is 0 Å². The van der Waals surface area contributed by atoms with Crippen LogP contribution in [0.15, 0.2) is 66.7 Å². The van der Waals surface area contributed by atoms with Crippen molar-refractivity contribution in [1.82, 2.24) is 0 Å². The van der Waals surface area contributed by atoms with Crippen molar-refractivity contribution in [2.45, 2.75) is 59.3 Å². The Bertz CT molecular complexity index is 1040. The number of hydrogen-bond acceptors (Lipinski definition) is 0. The van der Waals surface area contributed by atoms with E-state index in [9.17, 15) is 0 Å². The Labute approximate surface area is 176 Å². The van der Waals surface area contributed by atoms with E-state index in [1.165, 1.54) is 50.1 Å². The molecule has 0 heteroatoms. The average molecular weight is 381 g/mol. The summed E-state index contributed by atoms with van der Waals surface area (Å²) in [4.78, 5) is 0. The molecule has 0 aliphatic heterocycles. The molecule has 0 N–H and O–H groups in total. The molecule has 29 heavy (non-hydrogen) atoms. The Kier molecular flexibility index (Phi) is 6.00. The second kappa shape index (κ2) is 8.82. The van der Waals surface area contributed by atoms with E-state index in [4.69, 9.17) is 0 Å². The summed E-state index contributed by atoms with van der Waals surface area (Å²) in [6.07, 6.45) is 8.89. The number of fused-ring (bicyclic) bond motifs is 1. The van der Waals surface area contributed by atoms with E-state index in [0.29, 0.717) is 0 Å². The van der Waals surface area contributed by atoms with Gasteiger partial charge in [-0.05, 0) is 88.6 Å². The molecule has 0 saturated carbocycles. The van der Waals surface area contributed by atoms with Crippen molar-refractivity contribution in [3.05, 3.63) is 111 Å². The maximum absolute atomic E-state index is 2.42. The van der Waals surface area contributed by atoms with Crippen LogP contribution in [-0.2, 0) is 38.5 Å². The normalized spacial score (nSPS) is 12.7. The van der Waals surface area contributed by atoms with Crippen molar-refractivity contribution < 1.29 is 0 Å². The van der Waals surface area contributed by atoms with E-state index < -0.39 is 0 Å². The van der Waals surface area contributed by atoms with Crippen LogP contribution in [-0.4, -0.2) is 0 Å². The van der Waals surface area contributed by atoms with Crippen LogP contribution in [0.1, 0.15) is 65.3 Å². The lowest BCUT2D eigenvalue weighted by atomic mass is 9.94. The van der Waals surface area contributed by atoms with Crippen molar-refractivity contribution in [3.8, 4) is 0 Å². The Morgan fingerprint density at radius 2 is 1.34 bits per heavy atom. The predicted molar refractivity (Wildman–Crippen MR) is 126 cm³/mol. The van der Waals surface area contributed by atoms with Gasteiger partial charge in [0.1, 0.15) is 0 Å². The minimum Gasteiger partial charge on any atom is -0.0759 e. The van der Waals surface area contributed by atoms with Gasteiger partial charge in [0.05, 0.1) is 0 Å². The summed E-state index contributed by atoms with van der Waals surface area (Å²) in [5.74, 6) is 0. The largest absolute Gasteiger partial charge is 0.0759 e. The van der Waals surface area contributed by atoms with Gasteiger partial charge < -0.3 is 0 Å². The quantitative estimate of drug-likeness (QED) is 0.408. The molecule has 0 atom stereocenters. The fraction of sp³-hybridized carbons (Fsp3) is 0.310. The molecule has 3 aromatic carbocycles. The van der Waals surface area contributed by atoms with Crippen LogP contribution in [0.3, 0.4) is 0 Å².